The number of allylic oxidation sites excluding steroid dienone is 2. The average molecular weight is 345 g/mol. The van der Waals surface area contributed by atoms with E-state index in [1.54, 1.807) is 17.1 Å². The molecule has 2 N–H and O–H groups in total. The van der Waals surface area contributed by atoms with Gasteiger partial charge in [-0.25, -0.2) is 9.67 Å². The molecule has 0 aliphatic carbocycles. The van der Waals surface area contributed by atoms with E-state index < -0.39 is 0 Å². The Hall–Kier alpha value is -3.38. The second-order valence-corrected chi connectivity index (χ2v) is 5.90. The Kier molecular flexibility index (Phi) is 4.49. The van der Waals surface area contributed by atoms with E-state index in [1.165, 1.54) is 0 Å². The van der Waals surface area contributed by atoms with E-state index in [-0.39, 0.29) is 6.17 Å². The van der Waals surface area contributed by atoms with Crippen molar-refractivity contribution in [3.8, 4) is 11.6 Å². The number of ether oxygens (including phenoxy) is 1. The summed E-state index contributed by atoms with van der Waals surface area (Å²) in [7, 11) is 0. The summed E-state index contributed by atoms with van der Waals surface area (Å²) in [6.07, 6.45) is 13.0. The largest absolute Gasteiger partial charge is 0.473 e. The van der Waals surface area contributed by atoms with E-state index in [4.69, 9.17) is 10.5 Å². The predicted molar refractivity (Wildman–Crippen MR) is 101 cm³/mol. The highest BCUT2D eigenvalue weighted by molar-refractivity contribution is 5.51. The molecular weight excluding hydrogens is 326 g/mol. The van der Waals surface area contributed by atoms with Crippen LogP contribution in [0.15, 0.2) is 85.5 Å². The zero-order valence-corrected chi connectivity index (χ0v) is 14.1. The lowest BCUT2D eigenvalue weighted by Crippen LogP contribution is -2.37. The molecular formula is C20H19N5O. The van der Waals surface area contributed by atoms with Gasteiger partial charge in [-0.2, -0.15) is 5.10 Å². The maximum Gasteiger partial charge on any atom is 0.213 e. The zero-order valence-electron chi connectivity index (χ0n) is 14.1. The number of hydrogen-bond donors (Lipinski definition) is 1. The molecule has 0 saturated heterocycles. The van der Waals surface area contributed by atoms with Crippen molar-refractivity contribution in [2.24, 2.45) is 5.73 Å². The van der Waals surface area contributed by atoms with Gasteiger partial charge in [-0.15, -0.1) is 0 Å². The molecule has 0 bridgehead atoms. The fourth-order valence-corrected chi connectivity index (χ4v) is 2.68. The molecule has 0 saturated carbocycles. The van der Waals surface area contributed by atoms with Gasteiger partial charge in [0.1, 0.15) is 12.8 Å². The van der Waals surface area contributed by atoms with Crippen LogP contribution in [0.4, 0.5) is 5.69 Å². The maximum atomic E-state index is 6.08. The molecule has 0 radical (unpaired) electrons. The molecule has 0 fully saturated rings. The second kappa shape index (κ2) is 7.25. The first-order valence-corrected chi connectivity index (χ1v) is 8.36. The Morgan fingerprint density at radius 2 is 1.88 bits per heavy atom. The summed E-state index contributed by atoms with van der Waals surface area (Å²) in [4.78, 5) is 6.31. The smallest absolute Gasteiger partial charge is 0.213 e. The van der Waals surface area contributed by atoms with Gasteiger partial charge < -0.3 is 15.4 Å². The summed E-state index contributed by atoms with van der Waals surface area (Å²) >= 11 is 0. The van der Waals surface area contributed by atoms with Crippen molar-refractivity contribution in [3.63, 3.8) is 0 Å². The number of anilines is 1. The van der Waals surface area contributed by atoms with E-state index in [1.807, 2.05) is 78.0 Å². The van der Waals surface area contributed by atoms with Crippen LogP contribution in [-0.2, 0) is 6.61 Å². The van der Waals surface area contributed by atoms with Crippen molar-refractivity contribution < 1.29 is 4.74 Å². The lowest BCUT2D eigenvalue weighted by atomic mass is 10.2. The third-order valence-electron chi connectivity index (χ3n) is 4.07. The molecule has 6 nitrogen and oxygen atoms in total. The van der Waals surface area contributed by atoms with Gasteiger partial charge in [0, 0.05) is 12.3 Å². The van der Waals surface area contributed by atoms with E-state index in [9.17, 15) is 0 Å². The molecule has 130 valence electrons. The standard InChI is InChI=1S/C20H19N5O/c21-19-8-4-5-11-24(19)18-13-23-25(14-18)17-9-10-20(22-12-17)26-15-16-6-2-1-3-7-16/h1-14,19H,15,21H2. The molecule has 0 amide bonds. The van der Waals surface area contributed by atoms with Crippen LogP contribution in [0.1, 0.15) is 5.56 Å². The topological polar surface area (TPSA) is 69.2 Å². The molecule has 6 heteroatoms. The van der Waals surface area contributed by atoms with Crippen LogP contribution >= 0.6 is 0 Å². The van der Waals surface area contributed by atoms with Gasteiger partial charge in [0.15, 0.2) is 0 Å². The molecule has 1 aliphatic heterocycles. The molecule has 0 spiro atoms. The third-order valence-corrected chi connectivity index (χ3v) is 4.07. The fraction of sp³-hybridized carbons (Fsp3) is 0.100. The maximum absolute atomic E-state index is 6.08. The number of hydrogen-bond acceptors (Lipinski definition) is 5. The normalized spacial score (nSPS) is 16.0. The van der Waals surface area contributed by atoms with Gasteiger partial charge in [-0.05, 0) is 23.8 Å². The summed E-state index contributed by atoms with van der Waals surface area (Å²) in [6, 6.07) is 13.8. The summed E-state index contributed by atoms with van der Waals surface area (Å²) in [5, 5.41) is 4.40. The van der Waals surface area contributed by atoms with Crippen molar-refractivity contribution in [1.29, 1.82) is 0 Å². The number of aromatic nitrogens is 3. The van der Waals surface area contributed by atoms with Crippen molar-refractivity contribution in [2.75, 3.05) is 4.90 Å². The van der Waals surface area contributed by atoms with E-state index in [0.29, 0.717) is 12.5 Å². The molecule has 1 aromatic carbocycles. The van der Waals surface area contributed by atoms with Crippen LogP contribution in [-0.4, -0.2) is 20.9 Å². The molecule has 3 aromatic rings. The molecule has 3 heterocycles. The Morgan fingerprint density at radius 1 is 1.00 bits per heavy atom. The minimum atomic E-state index is -0.190. The molecule has 1 unspecified atom stereocenters. The van der Waals surface area contributed by atoms with Crippen molar-refractivity contribution in [2.45, 2.75) is 12.8 Å². The number of nitrogens with zero attached hydrogens (tertiary/aromatic N) is 4. The quantitative estimate of drug-likeness (QED) is 0.770. The molecule has 1 aliphatic rings. The van der Waals surface area contributed by atoms with Gasteiger partial charge in [-0.3, -0.25) is 0 Å². The Labute approximate surface area is 151 Å². The van der Waals surface area contributed by atoms with Gasteiger partial charge in [-0.1, -0.05) is 36.4 Å². The first-order valence-electron chi connectivity index (χ1n) is 8.36. The Bertz CT molecular complexity index is 915. The molecule has 2 aromatic heterocycles. The number of benzene rings is 1. The number of pyridine rings is 1. The summed E-state index contributed by atoms with van der Waals surface area (Å²) in [5.74, 6) is 0.580. The Balaban J connectivity index is 1.44. The van der Waals surface area contributed by atoms with Crippen LogP contribution in [0.3, 0.4) is 0 Å². The number of rotatable bonds is 5. The third kappa shape index (κ3) is 3.50. The fourth-order valence-electron chi connectivity index (χ4n) is 2.68. The van der Waals surface area contributed by atoms with Crippen LogP contribution in [0.2, 0.25) is 0 Å². The number of nitrogens with two attached hydrogens (primary N) is 1. The van der Waals surface area contributed by atoms with Crippen molar-refractivity contribution in [3.05, 3.63) is 91.0 Å². The van der Waals surface area contributed by atoms with Crippen LogP contribution in [0.5, 0.6) is 5.88 Å². The monoisotopic (exact) mass is 345 g/mol. The van der Waals surface area contributed by atoms with Crippen molar-refractivity contribution in [1.82, 2.24) is 14.8 Å². The minimum Gasteiger partial charge on any atom is -0.473 e. The summed E-state index contributed by atoms with van der Waals surface area (Å²) < 4.78 is 7.48. The zero-order chi connectivity index (χ0) is 17.8. The summed E-state index contributed by atoms with van der Waals surface area (Å²) in [6.45, 7) is 0.492. The minimum absolute atomic E-state index is 0.190. The highest BCUT2D eigenvalue weighted by atomic mass is 16.5. The molecule has 26 heavy (non-hydrogen) atoms. The highest BCUT2D eigenvalue weighted by Crippen LogP contribution is 2.20. The lowest BCUT2D eigenvalue weighted by molar-refractivity contribution is 0.294. The van der Waals surface area contributed by atoms with Crippen LogP contribution in [0, 0.1) is 0 Å². The SMILES string of the molecule is NC1C=CC=CN1c1cnn(-c2ccc(OCc3ccccc3)nc2)c1. The second-order valence-electron chi connectivity index (χ2n) is 5.90. The lowest BCUT2D eigenvalue weighted by Gasteiger charge is -2.25. The Morgan fingerprint density at radius 3 is 2.65 bits per heavy atom. The highest BCUT2D eigenvalue weighted by Gasteiger charge is 2.14. The van der Waals surface area contributed by atoms with E-state index >= 15 is 0 Å². The average Bonchev–Trinajstić information content (AvgIpc) is 3.18. The summed E-state index contributed by atoms with van der Waals surface area (Å²) in [5.41, 5.74) is 8.96. The first kappa shape index (κ1) is 16.1. The van der Waals surface area contributed by atoms with Gasteiger partial charge in [0.2, 0.25) is 5.88 Å². The van der Waals surface area contributed by atoms with Gasteiger partial charge >= 0.3 is 0 Å². The molecule has 1 atom stereocenters. The van der Waals surface area contributed by atoms with E-state index in [2.05, 4.69) is 10.1 Å². The van der Waals surface area contributed by atoms with Gasteiger partial charge in [0.25, 0.3) is 0 Å². The first-order chi connectivity index (χ1) is 12.8. The van der Waals surface area contributed by atoms with Crippen LogP contribution in [0.25, 0.3) is 5.69 Å². The predicted octanol–water partition coefficient (Wildman–Crippen LogP) is 3.02. The molecule has 4 rings (SSSR count). The van der Waals surface area contributed by atoms with E-state index in [0.717, 1.165) is 16.9 Å². The van der Waals surface area contributed by atoms with Crippen LogP contribution < -0.4 is 15.4 Å². The van der Waals surface area contributed by atoms with Gasteiger partial charge in [0.05, 0.1) is 30.0 Å². The van der Waals surface area contributed by atoms with Crippen molar-refractivity contribution >= 4 is 5.69 Å².